The van der Waals surface area contributed by atoms with Crippen LogP contribution >= 0.6 is 24.8 Å². The van der Waals surface area contributed by atoms with Crippen LogP contribution in [0.1, 0.15) is 46.2 Å². The molecule has 0 amide bonds. The largest absolute Gasteiger partial charge is 0.465 e. The molecule has 0 unspecified atom stereocenters. The fourth-order valence-electron chi connectivity index (χ4n) is 2.86. The summed E-state index contributed by atoms with van der Waals surface area (Å²) >= 11 is 0. The summed E-state index contributed by atoms with van der Waals surface area (Å²) in [5, 5.41) is 0. The van der Waals surface area contributed by atoms with Crippen molar-refractivity contribution in [1.82, 2.24) is 4.98 Å². The minimum atomic E-state index is -0.372. The fourth-order valence-corrected chi connectivity index (χ4v) is 2.86. The van der Waals surface area contributed by atoms with Gasteiger partial charge < -0.3 is 10.5 Å². The van der Waals surface area contributed by atoms with Gasteiger partial charge >= 0.3 is 5.97 Å². The second-order valence-electron chi connectivity index (χ2n) is 5.68. The molecule has 2 N–H and O–H groups in total. The summed E-state index contributed by atoms with van der Waals surface area (Å²) in [6.45, 7) is 6.34. The zero-order valence-corrected chi connectivity index (χ0v) is 16.7. The van der Waals surface area contributed by atoms with Crippen LogP contribution in [0.25, 0.3) is 11.1 Å². The van der Waals surface area contributed by atoms with E-state index in [-0.39, 0.29) is 30.8 Å². The monoisotopic (exact) mass is 384 g/mol. The van der Waals surface area contributed by atoms with Crippen LogP contribution in [0, 0.1) is 13.8 Å². The highest BCUT2D eigenvalue weighted by atomic mass is 35.5. The van der Waals surface area contributed by atoms with E-state index in [1.807, 2.05) is 38.1 Å². The molecule has 6 heteroatoms. The van der Waals surface area contributed by atoms with Gasteiger partial charge in [0.2, 0.25) is 0 Å². The molecular weight excluding hydrogens is 359 g/mol. The Kier molecular flexibility index (Phi) is 9.72. The van der Waals surface area contributed by atoms with Crippen LogP contribution in [0.15, 0.2) is 24.3 Å². The van der Waals surface area contributed by atoms with Crippen molar-refractivity contribution in [2.45, 2.75) is 40.2 Å². The van der Waals surface area contributed by atoms with Crippen molar-refractivity contribution in [3.05, 3.63) is 52.3 Å². The van der Waals surface area contributed by atoms with E-state index in [1.165, 1.54) is 12.7 Å². The predicted molar refractivity (Wildman–Crippen MR) is 107 cm³/mol. The van der Waals surface area contributed by atoms with E-state index in [2.05, 4.69) is 11.9 Å². The number of carbonyl (C=O) groups excluding carboxylic acids is 1. The molecule has 0 aliphatic heterocycles. The number of esters is 1. The normalized spacial score (nSPS) is 9.80. The third-order valence-electron chi connectivity index (χ3n) is 3.99. The van der Waals surface area contributed by atoms with Crippen LogP contribution in [-0.4, -0.2) is 18.1 Å². The number of ether oxygens (including phenoxy) is 1. The minimum absolute atomic E-state index is 0. The van der Waals surface area contributed by atoms with Crippen molar-refractivity contribution in [3.8, 4) is 11.1 Å². The van der Waals surface area contributed by atoms with Gasteiger partial charge in [0.05, 0.1) is 18.4 Å². The lowest BCUT2D eigenvalue weighted by Crippen LogP contribution is -2.15. The van der Waals surface area contributed by atoms with E-state index in [9.17, 15) is 4.79 Å². The molecule has 0 saturated heterocycles. The van der Waals surface area contributed by atoms with Crippen molar-refractivity contribution in [2.24, 2.45) is 5.73 Å². The molecule has 0 aliphatic carbocycles. The molecule has 1 aromatic carbocycles. The van der Waals surface area contributed by atoms with Crippen LogP contribution < -0.4 is 5.73 Å². The number of halogens is 2. The van der Waals surface area contributed by atoms with Gasteiger partial charge in [-0.25, -0.2) is 4.79 Å². The van der Waals surface area contributed by atoms with Gasteiger partial charge in [-0.3, -0.25) is 4.98 Å². The van der Waals surface area contributed by atoms with Gasteiger partial charge in [0.1, 0.15) is 0 Å². The fraction of sp³-hybridized carbons (Fsp3) is 0.368. The Morgan fingerprint density at radius 2 is 1.76 bits per heavy atom. The lowest BCUT2D eigenvalue weighted by molar-refractivity contribution is 0.0600. The molecule has 1 heterocycles. The number of rotatable bonds is 5. The van der Waals surface area contributed by atoms with Crippen LogP contribution in [0.5, 0.6) is 0 Å². The molecule has 138 valence electrons. The number of nitrogens with zero attached hydrogens (tertiary/aromatic N) is 1. The van der Waals surface area contributed by atoms with Crippen molar-refractivity contribution in [3.63, 3.8) is 0 Å². The SMILES string of the molecule is CCCc1nc(C)c(C(=O)OC)c(-c2ccc(C)cc2)c1CN.Cl.Cl. The van der Waals surface area contributed by atoms with E-state index >= 15 is 0 Å². The summed E-state index contributed by atoms with van der Waals surface area (Å²) in [7, 11) is 1.39. The first-order chi connectivity index (χ1) is 11.0. The number of hydrogen-bond donors (Lipinski definition) is 1. The predicted octanol–water partition coefficient (Wildman–Crippen LogP) is 4.41. The average Bonchev–Trinajstić information content (AvgIpc) is 2.54. The third-order valence-corrected chi connectivity index (χ3v) is 3.99. The Bertz CT molecular complexity index is 716. The molecular formula is C19H26Cl2N2O2. The standard InChI is InChI=1S/C19H24N2O2.2ClH/c1-5-6-16-15(11-20)18(14-9-7-12(2)8-10-14)17(13(3)21-16)19(22)23-4;;/h7-10H,5-6,11,20H2,1-4H3;2*1H. The molecule has 4 nitrogen and oxygen atoms in total. The maximum Gasteiger partial charge on any atom is 0.340 e. The maximum atomic E-state index is 12.3. The summed E-state index contributed by atoms with van der Waals surface area (Å²) < 4.78 is 4.98. The lowest BCUT2D eigenvalue weighted by Gasteiger charge is -2.18. The molecule has 1 aromatic heterocycles. The molecule has 2 aromatic rings. The molecule has 0 radical (unpaired) electrons. The second kappa shape index (κ2) is 10.4. The zero-order chi connectivity index (χ0) is 17.0. The number of carbonyl (C=O) groups is 1. The Morgan fingerprint density at radius 1 is 1.16 bits per heavy atom. The van der Waals surface area contributed by atoms with E-state index in [4.69, 9.17) is 10.5 Å². The maximum absolute atomic E-state index is 12.3. The van der Waals surface area contributed by atoms with Gasteiger partial charge in [0.15, 0.2) is 0 Å². The molecule has 2 rings (SSSR count). The third kappa shape index (κ3) is 4.94. The Labute approximate surface area is 162 Å². The number of aromatic nitrogens is 1. The van der Waals surface area contributed by atoms with Gasteiger partial charge in [0, 0.05) is 17.8 Å². The van der Waals surface area contributed by atoms with Gasteiger partial charge in [-0.15, -0.1) is 24.8 Å². The van der Waals surface area contributed by atoms with Crippen molar-refractivity contribution in [1.29, 1.82) is 0 Å². The number of aryl methyl sites for hydroxylation is 3. The highest BCUT2D eigenvalue weighted by molar-refractivity contribution is 5.99. The second-order valence-corrected chi connectivity index (χ2v) is 5.68. The Morgan fingerprint density at radius 3 is 2.24 bits per heavy atom. The van der Waals surface area contributed by atoms with Gasteiger partial charge in [-0.2, -0.15) is 0 Å². The first-order valence-electron chi connectivity index (χ1n) is 7.91. The van der Waals surface area contributed by atoms with Crippen molar-refractivity contribution < 1.29 is 9.53 Å². The van der Waals surface area contributed by atoms with Crippen LogP contribution in [0.2, 0.25) is 0 Å². The van der Waals surface area contributed by atoms with E-state index in [0.717, 1.165) is 35.2 Å². The summed E-state index contributed by atoms with van der Waals surface area (Å²) in [6, 6.07) is 8.11. The number of methoxy groups -OCH3 is 1. The highest BCUT2D eigenvalue weighted by Crippen LogP contribution is 2.32. The van der Waals surface area contributed by atoms with E-state index in [1.54, 1.807) is 0 Å². The summed E-state index contributed by atoms with van der Waals surface area (Å²) in [5.41, 5.74) is 12.1. The minimum Gasteiger partial charge on any atom is -0.465 e. The van der Waals surface area contributed by atoms with Crippen molar-refractivity contribution in [2.75, 3.05) is 7.11 Å². The molecule has 0 saturated carbocycles. The highest BCUT2D eigenvalue weighted by Gasteiger charge is 2.23. The molecule has 25 heavy (non-hydrogen) atoms. The summed E-state index contributed by atoms with van der Waals surface area (Å²) in [5.74, 6) is -0.372. The lowest BCUT2D eigenvalue weighted by atomic mass is 9.91. The zero-order valence-electron chi connectivity index (χ0n) is 15.1. The smallest absolute Gasteiger partial charge is 0.340 e. The first-order valence-corrected chi connectivity index (χ1v) is 7.91. The molecule has 0 bridgehead atoms. The summed E-state index contributed by atoms with van der Waals surface area (Å²) in [4.78, 5) is 17.0. The van der Waals surface area contributed by atoms with Gasteiger partial charge in [-0.1, -0.05) is 43.2 Å². The number of hydrogen-bond acceptors (Lipinski definition) is 4. The van der Waals surface area contributed by atoms with Crippen LogP contribution in [0.3, 0.4) is 0 Å². The van der Waals surface area contributed by atoms with Crippen molar-refractivity contribution >= 4 is 30.8 Å². The number of benzene rings is 1. The van der Waals surface area contributed by atoms with Crippen LogP contribution in [0.4, 0.5) is 0 Å². The summed E-state index contributed by atoms with van der Waals surface area (Å²) in [6.07, 6.45) is 1.82. The van der Waals surface area contributed by atoms with Gasteiger partial charge in [0.25, 0.3) is 0 Å². The van der Waals surface area contributed by atoms with Crippen LogP contribution in [-0.2, 0) is 17.7 Å². The Balaban J connectivity index is 0.00000288. The molecule has 0 fully saturated rings. The topological polar surface area (TPSA) is 65.2 Å². The first kappa shape index (κ1) is 23.4. The van der Waals surface area contributed by atoms with E-state index < -0.39 is 0 Å². The average molecular weight is 385 g/mol. The van der Waals surface area contributed by atoms with Gasteiger partial charge in [-0.05, 0) is 31.4 Å². The van der Waals surface area contributed by atoms with E-state index in [0.29, 0.717) is 17.8 Å². The Hall–Kier alpha value is -1.62. The number of pyridine rings is 1. The molecule has 0 aliphatic rings. The number of nitrogens with two attached hydrogens (primary N) is 1. The molecule has 0 atom stereocenters. The molecule has 0 spiro atoms. The quantitative estimate of drug-likeness (QED) is 0.775.